The summed E-state index contributed by atoms with van der Waals surface area (Å²) in [6.45, 7) is 1.63. The van der Waals surface area contributed by atoms with Crippen LogP contribution in [0.15, 0.2) is 54.7 Å². The molecule has 1 aliphatic heterocycles. The van der Waals surface area contributed by atoms with Crippen LogP contribution in [0, 0.1) is 5.82 Å². The predicted molar refractivity (Wildman–Crippen MR) is 107 cm³/mol. The number of nitrogens with zero attached hydrogens (tertiary/aromatic N) is 2. The monoisotopic (exact) mass is 393 g/mol. The molecule has 0 unspecified atom stereocenters. The van der Waals surface area contributed by atoms with E-state index in [9.17, 15) is 18.8 Å². The van der Waals surface area contributed by atoms with E-state index in [0.717, 1.165) is 31.4 Å². The number of ketones is 1. The maximum Gasteiger partial charge on any atom is 0.296 e. The van der Waals surface area contributed by atoms with Crippen LogP contribution in [-0.4, -0.2) is 40.2 Å². The van der Waals surface area contributed by atoms with E-state index in [2.05, 4.69) is 5.32 Å². The van der Waals surface area contributed by atoms with Crippen LogP contribution in [0.1, 0.15) is 23.2 Å². The van der Waals surface area contributed by atoms with Crippen molar-refractivity contribution in [2.24, 2.45) is 0 Å². The quantitative estimate of drug-likeness (QED) is 0.534. The first-order chi connectivity index (χ1) is 14.0. The smallest absolute Gasteiger partial charge is 0.296 e. The molecule has 0 bridgehead atoms. The summed E-state index contributed by atoms with van der Waals surface area (Å²) >= 11 is 0. The number of amides is 2. The number of hydrogen-bond donors (Lipinski definition) is 1. The zero-order chi connectivity index (χ0) is 20.4. The van der Waals surface area contributed by atoms with Crippen molar-refractivity contribution in [2.45, 2.75) is 19.4 Å². The highest BCUT2D eigenvalue weighted by atomic mass is 19.1. The maximum absolute atomic E-state index is 13.0. The lowest BCUT2D eigenvalue weighted by atomic mass is 10.1. The molecule has 1 aliphatic rings. The first kappa shape index (κ1) is 18.9. The van der Waals surface area contributed by atoms with Crippen molar-refractivity contribution in [2.75, 3.05) is 18.4 Å². The fourth-order valence-electron chi connectivity index (χ4n) is 3.61. The molecular formula is C22H20FN3O3. The SMILES string of the molecule is O=C(Nc1ccc(F)cc1)C(=O)c1cn(CC(=O)N2CCCC2)c2ccccc12. The number of nitrogens with one attached hydrogen (secondary N) is 1. The van der Waals surface area contributed by atoms with E-state index in [1.807, 2.05) is 17.0 Å². The average molecular weight is 393 g/mol. The Morgan fingerprint density at radius 2 is 1.66 bits per heavy atom. The number of likely N-dealkylation sites (tertiary alicyclic amines) is 1. The van der Waals surface area contributed by atoms with Gasteiger partial charge in [-0.05, 0) is 43.2 Å². The third-order valence-corrected chi connectivity index (χ3v) is 5.11. The third kappa shape index (κ3) is 3.89. The van der Waals surface area contributed by atoms with Gasteiger partial charge in [-0.15, -0.1) is 0 Å². The number of halogens is 1. The lowest BCUT2D eigenvalue weighted by molar-refractivity contribution is -0.130. The van der Waals surface area contributed by atoms with Gasteiger partial charge in [0.25, 0.3) is 11.7 Å². The molecule has 1 N–H and O–H groups in total. The topological polar surface area (TPSA) is 71.4 Å². The molecule has 0 aliphatic carbocycles. The van der Waals surface area contributed by atoms with Crippen LogP contribution in [0.3, 0.4) is 0 Å². The number of carbonyl (C=O) groups excluding carboxylic acids is 3. The van der Waals surface area contributed by atoms with E-state index in [-0.39, 0.29) is 18.0 Å². The molecule has 2 heterocycles. The van der Waals surface area contributed by atoms with E-state index in [0.29, 0.717) is 11.1 Å². The van der Waals surface area contributed by atoms with Crippen molar-refractivity contribution in [1.29, 1.82) is 0 Å². The Kier molecular flexibility index (Phi) is 5.12. The lowest BCUT2D eigenvalue weighted by Crippen LogP contribution is -2.30. The fraction of sp³-hybridized carbons (Fsp3) is 0.227. The second kappa shape index (κ2) is 7.87. The number of carbonyl (C=O) groups is 3. The summed E-state index contributed by atoms with van der Waals surface area (Å²) in [5.41, 5.74) is 1.28. The van der Waals surface area contributed by atoms with Crippen molar-refractivity contribution in [3.05, 3.63) is 66.1 Å². The minimum absolute atomic E-state index is 0.00184. The van der Waals surface area contributed by atoms with Gasteiger partial charge in [-0.3, -0.25) is 14.4 Å². The van der Waals surface area contributed by atoms with E-state index in [4.69, 9.17) is 0 Å². The Hall–Kier alpha value is -3.48. The molecule has 1 saturated heterocycles. The molecule has 0 saturated carbocycles. The lowest BCUT2D eigenvalue weighted by Gasteiger charge is -2.15. The second-order valence-electron chi connectivity index (χ2n) is 7.07. The van der Waals surface area contributed by atoms with Gasteiger partial charge in [-0.1, -0.05) is 18.2 Å². The van der Waals surface area contributed by atoms with Crippen molar-refractivity contribution in [3.8, 4) is 0 Å². The molecule has 29 heavy (non-hydrogen) atoms. The summed E-state index contributed by atoms with van der Waals surface area (Å²) in [4.78, 5) is 39.6. The normalized spacial score (nSPS) is 13.6. The fourth-order valence-corrected chi connectivity index (χ4v) is 3.61. The number of fused-ring (bicyclic) bond motifs is 1. The number of aromatic nitrogens is 1. The number of para-hydroxylation sites is 1. The number of rotatable bonds is 5. The molecule has 7 heteroatoms. The van der Waals surface area contributed by atoms with Crippen LogP contribution >= 0.6 is 0 Å². The maximum atomic E-state index is 13.0. The standard InChI is InChI=1S/C22H20FN3O3/c23-15-7-9-16(10-8-15)24-22(29)21(28)18-13-26(19-6-2-1-5-17(18)19)14-20(27)25-11-3-4-12-25/h1-2,5-10,13H,3-4,11-12,14H2,(H,24,29). The van der Waals surface area contributed by atoms with Crippen molar-refractivity contribution >= 4 is 34.2 Å². The molecule has 2 amide bonds. The van der Waals surface area contributed by atoms with E-state index < -0.39 is 17.5 Å². The number of benzene rings is 2. The molecule has 0 radical (unpaired) electrons. The Balaban J connectivity index is 1.59. The number of anilines is 1. The molecule has 6 nitrogen and oxygen atoms in total. The van der Waals surface area contributed by atoms with Gasteiger partial charge < -0.3 is 14.8 Å². The minimum atomic E-state index is -0.814. The summed E-state index contributed by atoms with van der Waals surface area (Å²) in [6.07, 6.45) is 3.57. The first-order valence-electron chi connectivity index (χ1n) is 9.50. The van der Waals surface area contributed by atoms with Gasteiger partial charge in [-0.2, -0.15) is 0 Å². The Morgan fingerprint density at radius 1 is 0.966 bits per heavy atom. The van der Waals surface area contributed by atoms with Crippen molar-refractivity contribution in [1.82, 2.24) is 9.47 Å². The van der Waals surface area contributed by atoms with Crippen molar-refractivity contribution in [3.63, 3.8) is 0 Å². The zero-order valence-corrected chi connectivity index (χ0v) is 15.7. The largest absolute Gasteiger partial charge is 0.341 e. The molecule has 3 aromatic rings. The summed E-state index contributed by atoms with van der Waals surface area (Å²) < 4.78 is 14.7. The van der Waals surface area contributed by atoms with Gasteiger partial charge in [0.05, 0.1) is 5.56 Å². The van der Waals surface area contributed by atoms with Crippen LogP contribution in [0.25, 0.3) is 10.9 Å². The van der Waals surface area contributed by atoms with Gasteiger partial charge >= 0.3 is 0 Å². The molecule has 4 rings (SSSR count). The number of Topliss-reactive ketones (excluding diaryl/α,β-unsaturated/α-hetero) is 1. The molecule has 0 spiro atoms. The second-order valence-corrected chi connectivity index (χ2v) is 7.07. The summed E-state index contributed by atoms with van der Waals surface area (Å²) in [5, 5.41) is 3.10. The van der Waals surface area contributed by atoms with Gasteiger partial charge in [0.2, 0.25) is 5.91 Å². The van der Waals surface area contributed by atoms with Crippen LogP contribution in [-0.2, 0) is 16.1 Å². The van der Waals surface area contributed by atoms with Crippen LogP contribution in [0.2, 0.25) is 0 Å². The minimum Gasteiger partial charge on any atom is -0.341 e. The predicted octanol–water partition coefficient (Wildman–Crippen LogP) is 3.22. The molecule has 148 valence electrons. The van der Waals surface area contributed by atoms with Gasteiger partial charge in [0.1, 0.15) is 12.4 Å². The molecule has 1 aromatic heterocycles. The molecule has 0 atom stereocenters. The number of hydrogen-bond acceptors (Lipinski definition) is 3. The summed E-state index contributed by atoms with van der Waals surface area (Å²) in [7, 11) is 0. The van der Waals surface area contributed by atoms with E-state index >= 15 is 0 Å². The van der Waals surface area contributed by atoms with Crippen LogP contribution < -0.4 is 5.32 Å². The summed E-state index contributed by atoms with van der Waals surface area (Å²) in [5.74, 6) is -1.96. The molecule has 2 aromatic carbocycles. The van der Waals surface area contributed by atoms with Gasteiger partial charge in [0, 0.05) is 35.9 Å². The van der Waals surface area contributed by atoms with Crippen LogP contribution in [0.4, 0.5) is 10.1 Å². The first-order valence-corrected chi connectivity index (χ1v) is 9.50. The van der Waals surface area contributed by atoms with Gasteiger partial charge in [-0.25, -0.2) is 4.39 Å². The average Bonchev–Trinajstić information content (AvgIpc) is 3.38. The third-order valence-electron chi connectivity index (χ3n) is 5.11. The van der Waals surface area contributed by atoms with Crippen molar-refractivity contribution < 1.29 is 18.8 Å². The Morgan fingerprint density at radius 3 is 2.38 bits per heavy atom. The zero-order valence-electron chi connectivity index (χ0n) is 15.7. The highest BCUT2D eigenvalue weighted by Gasteiger charge is 2.24. The highest BCUT2D eigenvalue weighted by molar-refractivity contribution is 6.48. The van der Waals surface area contributed by atoms with Gasteiger partial charge in [0.15, 0.2) is 0 Å². The summed E-state index contributed by atoms with van der Waals surface area (Å²) in [6, 6.07) is 12.4. The molecule has 1 fully saturated rings. The Labute approximate surface area is 166 Å². The van der Waals surface area contributed by atoms with E-state index in [1.54, 1.807) is 22.9 Å². The van der Waals surface area contributed by atoms with E-state index in [1.165, 1.54) is 24.3 Å². The Bertz CT molecular complexity index is 1080. The highest BCUT2D eigenvalue weighted by Crippen LogP contribution is 2.23. The van der Waals surface area contributed by atoms with Crippen LogP contribution in [0.5, 0.6) is 0 Å². The molecular weight excluding hydrogens is 373 g/mol.